The highest BCUT2D eigenvalue weighted by Crippen LogP contribution is 1.98. The molecule has 13 heavy (non-hydrogen) atoms. The lowest BCUT2D eigenvalue weighted by atomic mass is 10.4. The van der Waals surface area contributed by atoms with Gasteiger partial charge in [0.1, 0.15) is 0 Å². The van der Waals surface area contributed by atoms with Crippen molar-refractivity contribution in [3.05, 3.63) is 0 Å². The first-order valence-electron chi connectivity index (χ1n) is 3.91. The molecule has 0 aliphatic carbocycles. The molecule has 0 aromatic carbocycles. The van der Waals surface area contributed by atoms with Crippen molar-refractivity contribution in [2.45, 2.75) is 19.8 Å². The molecule has 0 aliphatic heterocycles. The molecule has 0 saturated heterocycles. The van der Waals surface area contributed by atoms with E-state index in [-0.39, 0.29) is 5.17 Å². The van der Waals surface area contributed by atoms with Gasteiger partial charge in [0.25, 0.3) is 0 Å². The summed E-state index contributed by atoms with van der Waals surface area (Å²) >= 11 is 1.11. The van der Waals surface area contributed by atoms with E-state index in [4.69, 9.17) is 5.41 Å². The summed E-state index contributed by atoms with van der Waals surface area (Å²) in [5.41, 5.74) is 0. The van der Waals surface area contributed by atoms with Crippen LogP contribution < -0.4 is 0 Å². The third-order valence-corrected chi connectivity index (χ3v) is 1.61. The SMILES string of the molecule is CCCCOC(=O)N=NC(=N)SC. The molecule has 0 spiro atoms. The maximum absolute atomic E-state index is 10.7. The normalized spacial score (nSPS) is 10.3. The smallest absolute Gasteiger partial charge is 0.447 e. The Labute approximate surface area is 81.5 Å². The fourth-order valence-corrected chi connectivity index (χ4v) is 0.582. The van der Waals surface area contributed by atoms with Gasteiger partial charge in [-0.2, -0.15) is 0 Å². The van der Waals surface area contributed by atoms with Gasteiger partial charge >= 0.3 is 6.09 Å². The molecule has 0 fully saturated rings. The van der Waals surface area contributed by atoms with Crippen LogP contribution in [0.4, 0.5) is 4.79 Å². The molecule has 74 valence electrons. The van der Waals surface area contributed by atoms with Gasteiger partial charge in [0.05, 0.1) is 6.61 Å². The average molecular weight is 203 g/mol. The van der Waals surface area contributed by atoms with Gasteiger partial charge in [-0.3, -0.25) is 5.41 Å². The first-order valence-corrected chi connectivity index (χ1v) is 5.14. The molecule has 1 amide bonds. The molecule has 0 bridgehead atoms. The van der Waals surface area contributed by atoms with E-state index in [1.165, 1.54) is 0 Å². The van der Waals surface area contributed by atoms with Crippen LogP contribution in [0.3, 0.4) is 0 Å². The highest BCUT2D eigenvalue weighted by atomic mass is 32.2. The molecule has 0 aliphatic rings. The zero-order valence-electron chi connectivity index (χ0n) is 7.74. The third kappa shape index (κ3) is 7.45. The zero-order valence-corrected chi connectivity index (χ0v) is 8.56. The van der Waals surface area contributed by atoms with E-state index in [1.54, 1.807) is 6.26 Å². The summed E-state index contributed by atoms with van der Waals surface area (Å²) in [7, 11) is 0. The summed E-state index contributed by atoms with van der Waals surface area (Å²) in [5.74, 6) is 0. The molecular weight excluding hydrogens is 190 g/mol. The maximum Gasteiger partial charge on any atom is 0.452 e. The Hall–Kier alpha value is -0.910. The van der Waals surface area contributed by atoms with Crippen LogP contribution in [0, 0.1) is 5.41 Å². The minimum Gasteiger partial charge on any atom is -0.447 e. The van der Waals surface area contributed by atoms with E-state index in [0.29, 0.717) is 6.61 Å². The molecule has 5 nitrogen and oxygen atoms in total. The van der Waals surface area contributed by atoms with Gasteiger partial charge < -0.3 is 4.74 Å². The predicted octanol–water partition coefficient (Wildman–Crippen LogP) is 2.67. The Morgan fingerprint density at radius 1 is 1.54 bits per heavy atom. The quantitative estimate of drug-likeness (QED) is 0.331. The third-order valence-electron chi connectivity index (χ3n) is 1.14. The second-order valence-electron chi connectivity index (χ2n) is 2.18. The molecule has 0 heterocycles. The monoisotopic (exact) mass is 203 g/mol. The van der Waals surface area contributed by atoms with Gasteiger partial charge in [0.15, 0.2) is 0 Å². The Kier molecular flexibility index (Phi) is 7.18. The van der Waals surface area contributed by atoms with Crippen molar-refractivity contribution in [1.29, 1.82) is 5.41 Å². The number of thioether (sulfide) groups is 1. The first kappa shape index (κ1) is 12.1. The van der Waals surface area contributed by atoms with Crippen molar-refractivity contribution in [3.63, 3.8) is 0 Å². The molecule has 0 unspecified atom stereocenters. The molecule has 6 heteroatoms. The molecule has 0 radical (unpaired) electrons. The number of hydrogen-bond donors (Lipinski definition) is 1. The van der Waals surface area contributed by atoms with E-state index in [2.05, 4.69) is 15.0 Å². The van der Waals surface area contributed by atoms with Crippen LogP contribution in [0.5, 0.6) is 0 Å². The number of azo groups is 1. The van der Waals surface area contributed by atoms with Crippen molar-refractivity contribution in [2.24, 2.45) is 10.2 Å². The summed E-state index contributed by atoms with van der Waals surface area (Å²) < 4.78 is 4.67. The molecule has 0 aromatic rings. The van der Waals surface area contributed by atoms with Crippen LogP contribution in [-0.2, 0) is 4.74 Å². The fourth-order valence-electron chi connectivity index (χ4n) is 0.460. The average Bonchev–Trinajstić information content (AvgIpc) is 2.14. The topological polar surface area (TPSA) is 74.9 Å². The molecule has 0 saturated carbocycles. The number of amidine groups is 1. The second kappa shape index (κ2) is 7.72. The predicted molar refractivity (Wildman–Crippen MR) is 52.4 cm³/mol. The van der Waals surface area contributed by atoms with E-state index >= 15 is 0 Å². The van der Waals surface area contributed by atoms with Crippen molar-refractivity contribution in [2.75, 3.05) is 12.9 Å². The number of nitrogens with one attached hydrogen (secondary N) is 1. The summed E-state index contributed by atoms with van der Waals surface area (Å²) in [4.78, 5) is 10.7. The highest BCUT2D eigenvalue weighted by molar-refractivity contribution is 8.13. The van der Waals surface area contributed by atoms with Crippen molar-refractivity contribution >= 4 is 23.0 Å². The molecule has 1 N–H and O–H groups in total. The molecule has 0 rings (SSSR count). The number of ether oxygens (including phenoxy) is 1. The molecule has 0 atom stereocenters. The maximum atomic E-state index is 10.7. The van der Waals surface area contributed by atoms with Crippen LogP contribution in [0.2, 0.25) is 0 Å². The summed E-state index contributed by atoms with van der Waals surface area (Å²) in [6, 6.07) is 0. The van der Waals surface area contributed by atoms with E-state index in [1.807, 2.05) is 6.92 Å². The van der Waals surface area contributed by atoms with E-state index in [9.17, 15) is 4.79 Å². The van der Waals surface area contributed by atoms with E-state index < -0.39 is 6.09 Å². The Bertz CT molecular complexity index is 206. The second-order valence-corrected chi connectivity index (χ2v) is 2.97. The van der Waals surface area contributed by atoms with Gasteiger partial charge in [0, 0.05) is 0 Å². The standard InChI is InChI=1S/C7H13N3O2S/c1-3-4-5-12-7(11)10-9-6(8)13-2/h8H,3-5H2,1-2H3. The summed E-state index contributed by atoms with van der Waals surface area (Å²) in [6.45, 7) is 2.36. The Morgan fingerprint density at radius 3 is 2.77 bits per heavy atom. The van der Waals surface area contributed by atoms with Gasteiger partial charge in [-0.15, -0.1) is 5.11 Å². The lowest BCUT2D eigenvalue weighted by molar-refractivity contribution is 0.154. The number of hydrogen-bond acceptors (Lipinski definition) is 4. The largest absolute Gasteiger partial charge is 0.452 e. The first-order chi connectivity index (χ1) is 6.20. The number of nitrogens with zero attached hydrogens (tertiary/aromatic N) is 2. The van der Waals surface area contributed by atoms with Crippen molar-refractivity contribution < 1.29 is 9.53 Å². The molecule has 0 aromatic heterocycles. The summed E-state index contributed by atoms with van der Waals surface area (Å²) in [6.07, 6.45) is 2.74. The van der Waals surface area contributed by atoms with Crippen molar-refractivity contribution in [1.82, 2.24) is 0 Å². The van der Waals surface area contributed by atoms with Crippen molar-refractivity contribution in [3.8, 4) is 0 Å². The molecular formula is C7H13N3O2S. The van der Waals surface area contributed by atoms with Gasteiger partial charge in [-0.05, 0) is 12.7 Å². The van der Waals surface area contributed by atoms with Crippen LogP contribution in [0.15, 0.2) is 10.2 Å². The number of amides is 1. The number of rotatable bonds is 3. The van der Waals surface area contributed by atoms with Crippen LogP contribution in [0.25, 0.3) is 0 Å². The fraction of sp³-hybridized carbons (Fsp3) is 0.714. The lowest BCUT2D eigenvalue weighted by Gasteiger charge is -1.96. The zero-order chi connectivity index (χ0) is 10.1. The van der Waals surface area contributed by atoms with Crippen LogP contribution >= 0.6 is 11.8 Å². The Morgan fingerprint density at radius 2 is 2.23 bits per heavy atom. The summed E-state index contributed by atoms with van der Waals surface area (Å²) in [5, 5.41) is 13.5. The number of unbranched alkanes of at least 4 members (excludes halogenated alkanes) is 1. The lowest BCUT2D eigenvalue weighted by Crippen LogP contribution is -2.00. The Balaban J connectivity index is 3.61. The van der Waals surface area contributed by atoms with Gasteiger partial charge in [-0.25, -0.2) is 4.79 Å². The van der Waals surface area contributed by atoms with Crippen LogP contribution in [0.1, 0.15) is 19.8 Å². The van der Waals surface area contributed by atoms with Gasteiger partial charge in [0.2, 0.25) is 5.17 Å². The van der Waals surface area contributed by atoms with Gasteiger partial charge in [-0.1, -0.05) is 30.2 Å². The minimum absolute atomic E-state index is 0.00700. The van der Waals surface area contributed by atoms with E-state index in [0.717, 1.165) is 24.6 Å². The minimum atomic E-state index is -0.729. The van der Waals surface area contributed by atoms with Crippen LogP contribution in [-0.4, -0.2) is 24.1 Å². The number of carbonyl (C=O) groups excluding carboxylic acids is 1. The number of carbonyl (C=O) groups is 1. The highest BCUT2D eigenvalue weighted by Gasteiger charge is 1.98.